The largest absolute Gasteiger partial charge is 0.497 e. The van der Waals surface area contributed by atoms with Crippen LogP contribution in [0.25, 0.3) is 0 Å². The van der Waals surface area contributed by atoms with Crippen LogP contribution in [-0.2, 0) is 11.2 Å². The van der Waals surface area contributed by atoms with Crippen molar-refractivity contribution in [3.05, 3.63) is 17.7 Å². The van der Waals surface area contributed by atoms with E-state index in [0.717, 1.165) is 42.1 Å². The maximum atomic E-state index is 12.6. The first kappa shape index (κ1) is 15.7. The minimum absolute atomic E-state index is 0.0162. The summed E-state index contributed by atoms with van der Waals surface area (Å²) >= 11 is 0. The molecule has 1 heterocycles. The normalized spacial score (nSPS) is 14.6. The van der Waals surface area contributed by atoms with Crippen molar-refractivity contribution in [2.24, 2.45) is 5.41 Å². The highest BCUT2D eigenvalue weighted by molar-refractivity contribution is 5.95. The number of hydrogen-bond acceptors (Lipinski definition) is 3. The highest BCUT2D eigenvalue weighted by atomic mass is 16.5. The fourth-order valence-corrected chi connectivity index (χ4v) is 2.74. The summed E-state index contributed by atoms with van der Waals surface area (Å²) in [5.74, 6) is 1.69. The Morgan fingerprint density at radius 3 is 2.52 bits per heavy atom. The first-order chi connectivity index (χ1) is 9.85. The van der Waals surface area contributed by atoms with Gasteiger partial charge in [-0.2, -0.15) is 0 Å². The third-order valence-electron chi connectivity index (χ3n) is 3.70. The Bertz CT molecular complexity index is 532. The molecule has 0 fully saturated rings. The summed E-state index contributed by atoms with van der Waals surface area (Å²) in [7, 11) is 3.29. The van der Waals surface area contributed by atoms with Crippen LogP contribution in [-0.4, -0.2) is 26.7 Å². The molecule has 0 unspecified atom stereocenters. The van der Waals surface area contributed by atoms with E-state index in [4.69, 9.17) is 9.47 Å². The van der Waals surface area contributed by atoms with Gasteiger partial charge in [-0.3, -0.25) is 4.79 Å². The lowest BCUT2D eigenvalue weighted by atomic mass is 9.90. The summed E-state index contributed by atoms with van der Waals surface area (Å²) in [6.07, 6.45) is 2.43. The Morgan fingerprint density at radius 1 is 1.24 bits per heavy atom. The zero-order chi connectivity index (χ0) is 15.6. The second-order valence-corrected chi connectivity index (χ2v) is 6.71. The van der Waals surface area contributed by atoms with Gasteiger partial charge in [-0.15, -0.1) is 0 Å². The number of methoxy groups -OCH3 is 2. The number of hydrogen-bond donors (Lipinski definition) is 0. The van der Waals surface area contributed by atoms with Gasteiger partial charge in [0, 0.05) is 30.7 Å². The van der Waals surface area contributed by atoms with E-state index >= 15 is 0 Å². The first-order valence-corrected chi connectivity index (χ1v) is 7.41. The van der Waals surface area contributed by atoms with Gasteiger partial charge in [0.25, 0.3) is 0 Å². The zero-order valence-corrected chi connectivity index (χ0v) is 13.7. The molecule has 0 saturated heterocycles. The number of anilines is 1. The Labute approximate surface area is 127 Å². The molecular formula is C17H25NO3. The van der Waals surface area contributed by atoms with Gasteiger partial charge >= 0.3 is 0 Å². The second kappa shape index (κ2) is 5.96. The summed E-state index contributed by atoms with van der Waals surface area (Å²) in [6.45, 7) is 7.02. The van der Waals surface area contributed by atoms with Crippen molar-refractivity contribution >= 4 is 11.6 Å². The third kappa shape index (κ3) is 3.49. The van der Waals surface area contributed by atoms with Gasteiger partial charge in [-0.25, -0.2) is 0 Å². The molecule has 0 bridgehead atoms. The maximum absolute atomic E-state index is 12.6. The molecule has 1 aromatic carbocycles. The molecule has 1 aliphatic rings. The summed E-state index contributed by atoms with van der Waals surface area (Å²) in [5, 5.41) is 0. The molecule has 0 aromatic heterocycles. The van der Waals surface area contributed by atoms with Gasteiger partial charge in [0.2, 0.25) is 5.91 Å². The average molecular weight is 291 g/mol. The van der Waals surface area contributed by atoms with Gasteiger partial charge in [0.05, 0.1) is 19.9 Å². The molecule has 0 N–H and O–H groups in total. The van der Waals surface area contributed by atoms with E-state index in [1.54, 1.807) is 14.2 Å². The third-order valence-corrected chi connectivity index (χ3v) is 3.70. The first-order valence-electron chi connectivity index (χ1n) is 7.41. The van der Waals surface area contributed by atoms with Crippen LogP contribution in [0.15, 0.2) is 12.1 Å². The molecule has 1 aliphatic heterocycles. The van der Waals surface area contributed by atoms with Crippen molar-refractivity contribution in [3.63, 3.8) is 0 Å². The second-order valence-electron chi connectivity index (χ2n) is 6.71. The molecule has 0 atom stereocenters. The Kier molecular flexibility index (Phi) is 4.45. The van der Waals surface area contributed by atoms with E-state index in [0.29, 0.717) is 6.42 Å². The number of benzene rings is 1. The van der Waals surface area contributed by atoms with Crippen LogP contribution in [0.2, 0.25) is 0 Å². The predicted molar refractivity (Wildman–Crippen MR) is 84.3 cm³/mol. The van der Waals surface area contributed by atoms with Crippen LogP contribution >= 0.6 is 0 Å². The molecule has 116 valence electrons. The zero-order valence-electron chi connectivity index (χ0n) is 13.7. The van der Waals surface area contributed by atoms with Crippen LogP contribution in [0, 0.1) is 5.41 Å². The van der Waals surface area contributed by atoms with Crippen molar-refractivity contribution in [1.82, 2.24) is 0 Å². The Morgan fingerprint density at radius 2 is 1.95 bits per heavy atom. The molecule has 2 rings (SSSR count). The standard InChI is InChI=1S/C17H25NO3/c1-17(2,3)11-16(19)18-8-6-7-13-14(18)9-12(20-4)10-15(13)21-5/h9-10H,6-8,11H2,1-5H3. The predicted octanol–water partition coefficient (Wildman–Crippen LogP) is 3.42. The minimum atomic E-state index is -0.0162. The molecule has 0 aliphatic carbocycles. The van der Waals surface area contributed by atoms with E-state index in [1.165, 1.54) is 0 Å². The number of fused-ring (bicyclic) bond motifs is 1. The van der Waals surface area contributed by atoms with Crippen LogP contribution in [0.4, 0.5) is 5.69 Å². The summed E-state index contributed by atoms with van der Waals surface area (Å²) in [6, 6.07) is 3.83. The maximum Gasteiger partial charge on any atom is 0.227 e. The van der Waals surface area contributed by atoms with Crippen molar-refractivity contribution in [2.45, 2.75) is 40.0 Å². The van der Waals surface area contributed by atoms with E-state index in [1.807, 2.05) is 17.0 Å². The van der Waals surface area contributed by atoms with Gasteiger partial charge in [0.15, 0.2) is 0 Å². The number of ether oxygens (including phenoxy) is 2. The molecule has 0 radical (unpaired) electrons. The van der Waals surface area contributed by atoms with Crippen LogP contribution in [0.3, 0.4) is 0 Å². The van der Waals surface area contributed by atoms with Gasteiger partial charge in [-0.1, -0.05) is 20.8 Å². The number of rotatable bonds is 3. The number of carbonyl (C=O) groups is 1. The average Bonchev–Trinajstić information content (AvgIpc) is 2.43. The SMILES string of the molecule is COc1cc(OC)c2c(c1)N(C(=O)CC(C)(C)C)CCC2. The molecule has 0 spiro atoms. The van der Waals surface area contributed by atoms with Gasteiger partial charge < -0.3 is 14.4 Å². The molecule has 1 amide bonds. The van der Waals surface area contributed by atoms with Crippen molar-refractivity contribution < 1.29 is 14.3 Å². The smallest absolute Gasteiger partial charge is 0.227 e. The quantitative estimate of drug-likeness (QED) is 0.856. The van der Waals surface area contributed by atoms with E-state index in [9.17, 15) is 4.79 Å². The lowest BCUT2D eigenvalue weighted by Gasteiger charge is -2.32. The monoisotopic (exact) mass is 291 g/mol. The van der Waals surface area contributed by atoms with Crippen LogP contribution in [0.1, 0.15) is 39.2 Å². The van der Waals surface area contributed by atoms with Gasteiger partial charge in [-0.05, 0) is 18.3 Å². The van der Waals surface area contributed by atoms with Crippen LogP contribution < -0.4 is 14.4 Å². The topological polar surface area (TPSA) is 38.8 Å². The highest BCUT2D eigenvalue weighted by Crippen LogP contribution is 2.39. The van der Waals surface area contributed by atoms with Gasteiger partial charge in [0.1, 0.15) is 11.5 Å². The molecular weight excluding hydrogens is 266 g/mol. The number of nitrogens with zero attached hydrogens (tertiary/aromatic N) is 1. The lowest BCUT2D eigenvalue weighted by molar-refractivity contribution is -0.120. The van der Waals surface area contributed by atoms with Crippen LogP contribution in [0.5, 0.6) is 11.5 Å². The molecule has 21 heavy (non-hydrogen) atoms. The van der Waals surface area contributed by atoms with E-state index in [-0.39, 0.29) is 11.3 Å². The Balaban J connectivity index is 2.40. The minimum Gasteiger partial charge on any atom is -0.497 e. The summed E-state index contributed by atoms with van der Waals surface area (Å²) in [5.41, 5.74) is 2.02. The molecule has 4 heteroatoms. The number of amides is 1. The number of carbonyl (C=O) groups excluding carboxylic acids is 1. The van der Waals surface area contributed by atoms with Crippen molar-refractivity contribution in [3.8, 4) is 11.5 Å². The fourth-order valence-electron chi connectivity index (χ4n) is 2.74. The Hall–Kier alpha value is -1.71. The van der Waals surface area contributed by atoms with Crippen molar-refractivity contribution in [1.29, 1.82) is 0 Å². The fraction of sp³-hybridized carbons (Fsp3) is 0.588. The summed E-state index contributed by atoms with van der Waals surface area (Å²) in [4.78, 5) is 14.5. The summed E-state index contributed by atoms with van der Waals surface area (Å²) < 4.78 is 10.8. The molecule has 0 saturated carbocycles. The van der Waals surface area contributed by atoms with E-state index < -0.39 is 0 Å². The lowest BCUT2D eigenvalue weighted by Crippen LogP contribution is -2.37. The molecule has 4 nitrogen and oxygen atoms in total. The highest BCUT2D eigenvalue weighted by Gasteiger charge is 2.28. The van der Waals surface area contributed by atoms with Crippen molar-refractivity contribution in [2.75, 3.05) is 25.7 Å². The molecule has 1 aromatic rings. The van der Waals surface area contributed by atoms with E-state index in [2.05, 4.69) is 20.8 Å².